The Bertz CT molecular complexity index is 976. The monoisotopic (exact) mass is 426 g/mol. The number of hydrogen-bond acceptors (Lipinski definition) is 3. The zero-order valence-electron chi connectivity index (χ0n) is 15.2. The number of nitrogens with zero attached hydrogens (tertiary/aromatic N) is 3. The lowest BCUT2D eigenvalue weighted by Gasteiger charge is -2.11. The van der Waals surface area contributed by atoms with Crippen molar-refractivity contribution in [3.8, 4) is 5.69 Å². The fraction of sp³-hybridized carbons (Fsp3) is 0.150. The van der Waals surface area contributed by atoms with Crippen LogP contribution < -0.4 is 5.32 Å². The van der Waals surface area contributed by atoms with E-state index in [2.05, 4.69) is 26.3 Å². The first kappa shape index (κ1) is 18.8. The third kappa shape index (κ3) is 4.09. The minimum absolute atomic E-state index is 0.0838. The number of amides is 2. The van der Waals surface area contributed by atoms with Crippen molar-refractivity contribution in [2.24, 2.45) is 0 Å². The average Bonchev–Trinajstić information content (AvgIpc) is 3.04. The summed E-state index contributed by atoms with van der Waals surface area (Å²) in [7, 11) is 3.40. The summed E-state index contributed by atoms with van der Waals surface area (Å²) in [4.78, 5) is 26.0. The molecule has 0 spiro atoms. The van der Waals surface area contributed by atoms with Crippen LogP contribution in [0.15, 0.2) is 59.2 Å². The number of aromatic nitrogens is 2. The second kappa shape index (κ2) is 7.75. The zero-order chi connectivity index (χ0) is 19.6. The normalized spacial score (nSPS) is 10.5. The van der Waals surface area contributed by atoms with Crippen molar-refractivity contribution in [3.63, 3.8) is 0 Å². The summed E-state index contributed by atoms with van der Waals surface area (Å²) in [5.74, 6) is -0.331. The predicted molar refractivity (Wildman–Crippen MR) is 108 cm³/mol. The molecule has 0 aliphatic rings. The molecule has 0 aliphatic carbocycles. The Labute approximate surface area is 165 Å². The van der Waals surface area contributed by atoms with Crippen LogP contribution in [0.3, 0.4) is 0 Å². The van der Waals surface area contributed by atoms with Gasteiger partial charge in [0.05, 0.1) is 23.1 Å². The van der Waals surface area contributed by atoms with Gasteiger partial charge in [-0.1, -0.05) is 15.9 Å². The van der Waals surface area contributed by atoms with E-state index in [1.165, 1.54) is 4.90 Å². The smallest absolute Gasteiger partial charge is 0.259 e. The van der Waals surface area contributed by atoms with Gasteiger partial charge in [-0.15, -0.1) is 0 Å². The Morgan fingerprint density at radius 3 is 2.26 bits per heavy atom. The van der Waals surface area contributed by atoms with Crippen molar-refractivity contribution >= 4 is 33.4 Å². The van der Waals surface area contributed by atoms with Crippen molar-refractivity contribution < 1.29 is 9.59 Å². The highest BCUT2D eigenvalue weighted by Gasteiger charge is 2.16. The Morgan fingerprint density at radius 1 is 1.04 bits per heavy atom. The molecule has 1 N–H and O–H groups in total. The fourth-order valence-corrected chi connectivity index (χ4v) is 2.89. The van der Waals surface area contributed by atoms with Crippen LogP contribution in [-0.2, 0) is 0 Å². The van der Waals surface area contributed by atoms with Gasteiger partial charge in [-0.3, -0.25) is 9.59 Å². The van der Waals surface area contributed by atoms with Gasteiger partial charge in [0.2, 0.25) is 0 Å². The minimum Gasteiger partial charge on any atom is -0.345 e. The molecule has 1 aromatic heterocycles. The van der Waals surface area contributed by atoms with Crippen LogP contribution in [0.5, 0.6) is 0 Å². The number of anilines is 1. The molecule has 7 heteroatoms. The van der Waals surface area contributed by atoms with Crippen LogP contribution in [0.4, 0.5) is 5.69 Å². The van der Waals surface area contributed by atoms with Crippen molar-refractivity contribution in [3.05, 3.63) is 76.0 Å². The molecule has 2 aromatic carbocycles. The first-order valence-corrected chi connectivity index (χ1v) is 9.10. The molecule has 3 aromatic rings. The third-order valence-corrected chi connectivity index (χ3v) is 4.65. The lowest BCUT2D eigenvalue weighted by molar-refractivity contribution is 0.0827. The van der Waals surface area contributed by atoms with E-state index in [-0.39, 0.29) is 11.8 Å². The van der Waals surface area contributed by atoms with Crippen molar-refractivity contribution in [1.82, 2.24) is 14.7 Å². The van der Waals surface area contributed by atoms with E-state index in [4.69, 9.17) is 0 Å². The molecule has 0 aliphatic heterocycles. The average molecular weight is 427 g/mol. The van der Waals surface area contributed by atoms with Gasteiger partial charge in [0.1, 0.15) is 0 Å². The molecular formula is C20H19BrN4O2. The molecule has 0 atom stereocenters. The molecule has 0 saturated carbocycles. The predicted octanol–water partition coefficient (Wildman–Crippen LogP) is 3.90. The number of hydrogen-bond donors (Lipinski definition) is 1. The largest absolute Gasteiger partial charge is 0.345 e. The molecule has 0 radical (unpaired) electrons. The van der Waals surface area contributed by atoms with Crippen LogP contribution >= 0.6 is 15.9 Å². The summed E-state index contributed by atoms with van der Waals surface area (Å²) in [5, 5.41) is 7.17. The molecule has 6 nitrogen and oxygen atoms in total. The van der Waals surface area contributed by atoms with Gasteiger partial charge >= 0.3 is 0 Å². The Kier molecular flexibility index (Phi) is 5.41. The lowest BCUT2D eigenvalue weighted by atomic mass is 10.1. The second-order valence-corrected chi connectivity index (χ2v) is 7.18. The van der Waals surface area contributed by atoms with E-state index in [9.17, 15) is 9.59 Å². The molecule has 27 heavy (non-hydrogen) atoms. The summed E-state index contributed by atoms with van der Waals surface area (Å²) in [6, 6.07) is 14.5. The molecule has 138 valence electrons. The number of rotatable bonds is 4. The second-order valence-electron chi connectivity index (χ2n) is 6.26. The molecule has 3 rings (SSSR count). The summed E-state index contributed by atoms with van der Waals surface area (Å²) in [6.45, 7) is 1.85. The maximum absolute atomic E-state index is 12.6. The summed E-state index contributed by atoms with van der Waals surface area (Å²) >= 11 is 3.41. The standard InChI is InChI=1S/C20H19BrN4O2/c1-13-18(12-22-25(13)17-10-6-15(21)7-11-17)19(26)23-16-8-4-14(5-9-16)20(27)24(2)3/h4-12H,1-3H3,(H,23,26). The lowest BCUT2D eigenvalue weighted by Crippen LogP contribution is -2.21. The number of carbonyl (C=O) groups excluding carboxylic acids is 2. The van der Waals surface area contributed by atoms with Crippen molar-refractivity contribution in [2.45, 2.75) is 6.92 Å². The fourth-order valence-electron chi connectivity index (χ4n) is 2.63. The number of nitrogens with one attached hydrogen (secondary N) is 1. The molecule has 0 fully saturated rings. The molecular weight excluding hydrogens is 408 g/mol. The van der Waals surface area contributed by atoms with Gasteiger partial charge in [0, 0.05) is 29.8 Å². The van der Waals surface area contributed by atoms with Crippen LogP contribution in [0, 0.1) is 6.92 Å². The van der Waals surface area contributed by atoms with E-state index in [1.54, 1.807) is 49.2 Å². The first-order valence-electron chi connectivity index (χ1n) is 8.30. The van der Waals surface area contributed by atoms with Gasteiger partial charge in [-0.2, -0.15) is 5.10 Å². The number of carbonyl (C=O) groups is 2. The summed E-state index contributed by atoms with van der Waals surface area (Å²) in [6.07, 6.45) is 1.55. The highest BCUT2D eigenvalue weighted by atomic mass is 79.9. The molecule has 0 unspecified atom stereocenters. The van der Waals surface area contributed by atoms with Crippen LogP contribution in [-0.4, -0.2) is 40.6 Å². The van der Waals surface area contributed by atoms with Crippen LogP contribution in [0.1, 0.15) is 26.4 Å². The molecule has 2 amide bonds. The van der Waals surface area contributed by atoms with Crippen molar-refractivity contribution in [1.29, 1.82) is 0 Å². The molecule has 0 bridgehead atoms. The molecule has 0 saturated heterocycles. The van der Waals surface area contributed by atoms with E-state index in [0.717, 1.165) is 15.9 Å². The number of benzene rings is 2. The van der Waals surface area contributed by atoms with Crippen LogP contribution in [0.2, 0.25) is 0 Å². The highest BCUT2D eigenvalue weighted by Crippen LogP contribution is 2.19. The van der Waals surface area contributed by atoms with Crippen LogP contribution in [0.25, 0.3) is 5.69 Å². The summed E-state index contributed by atoms with van der Waals surface area (Å²) < 4.78 is 2.70. The minimum atomic E-state index is -0.248. The van der Waals surface area contributed by atoms with E-state index in [0.29, 0.717) is 16.8 Å². The number of halogens is 1. The van der Waals surface area contributed by atoms with Gasteiger partial charge in [-0.05, 0) is 55.5 Å². The quantitative estimate of drug-likeness (QED) is 0.687. The maximum Gasteiger partial charge on any atom is 0.259 e. The SMILES string of the molecule is Cc1c(C(=O)Nc2ccc(C(=O)N(C)C)cc2)cnn1-c1ccc(Br)cc1. The van der Waals surface area contributed by atoms with Gasteiger partial charge in [0.25, 0.3) is 11.8 Å². The van der Waals surface area contributed by atoms with E-state index < -0.39 is 0 Å². The summed E-state index contributed by atoms with van der Waals surface area (Å²) in [5.41, 5.74) is 3.30. The topological polar surface area (TPSA) is 67.2 Å². The molecule has 1 heterocycles. The zero-order valence-corrected chi connectivity index (χ0v) is 16.8. The van der Waals surface area contributed by atoms with Gasteiger partial charge in [0.15, 0.2) is 0 Å². The van der Waals surface area contributed by atoms with E-state index in [1.807, 2.05) is 31.2 Å². The Hall–Kier alpha value is -2.93. The van der Waals surface area contributed by atoms with Gasteiger partial charge in [-0.25, -0.2) is 4.68 Å². The van der Waals surface area contributed by atoms with Gasteiger partial charge < -0.3 is 10.2 Å². The maximum atomic E-state index is 12.6. The highest BCUT2D eigenvalue weighted by molar-refractivity contribution is 9.10. The Balaban J connectivity index is 1.77. The van der Waals surface area contributed by atoms with Crippen molar-refractivity contribution in [2.75, 3.05) is 19.4 Å². The first-order chi connectivity index (χ1) is 12.9. The Morgan fingerprint density at radius 2 is 1.67 bits per heavy atom. The third-order valence-electron chi connectivity index (χ3n) is 4.12. The van der Waals surface area contributed by atoms with E-state index >= 15 is 0 Å².